The second-order valence-corrected chi connectivity index (χ2v) is 8.93. The molecule has 0 unspecified atom stereocenters. The Bertz CT molecular complexity index is 1460. The summed E-state index contributed by atoms with van der Waals surface area (Å²) < 4.78 is 28.8. The lowest BCUT2D eigenvalue weighted by Gasteiger charge is -2.09. The Morgan fingerprint density at radius 1 is 0.882 bits per heavy atom. The normalized spacial score (nSPS) is 11.4. The van der Waals surface area contributed by atoms with Gasteiger partial charge in [-0.1, -0.05) is 31.5 Å². The molecule has 2 heterocycles. The highest BCUT2D eigenvalue weighted by molar-refractivity contribution is 5.84. The molecule has 0 saturated heterocycles. The van der Waals surface area contributed by atoms with Gasteiger partial charge in [-0.2, -0.15) is 0 Å². The molecule has 0 aliphatic carbocycles. The van der Waals surface area contributed by atoms with Crippen molar-refractivity contribution in [3.63, 3.8) is 0 Å². The highest BCUT2D eigenvalue weighted by atomic mass is 19.1. The van der Waals surface area contributed by atoms with Crippen molar-refractivity contribution >= 4 is 10.9 Å². The Labute approximate surface area is 197 Å². The second-order valence-electron chi connectivity index (χ2n) is 8.93. The zero-order valence-electron chi connectivity index (χ0n) is 19.4. The number of hydrogen-bond acceptors (Lipinski definition) is 1. The van der Waals surface area contributed by atoms with E-state index in [0.717, 1.165) is 40.7 Å². The third kappa shape index (κ3) is 4.51. The molecule has 0 aliphatic rings. The third-order valence-corrected chi connectivity index (χ3v) is 6.38. The molecule has 3 nitrogen and oxygen atoms in total. The van der Waals surface area contributed by atoms with E-state index < -0.39 is 0 Å². The van der Waals surface area contributed by atoms with Gasteiger partial charge < -0.3 is 9.97 Å². The molecule has 0 saturated carbocycles. The van der Waals surface area contributed by atoms with E-state index >= 15 is 0 Å². The maximum absolute atomic E-state index is 14.8. The first-order chi connectivity index (χ1) is 16.5. The number of aromatic amines is 2. The fourth-order valence-corrected chi connectivity index (χ4v) is 4.66. The Balaban J connectivity index is 1.39. The second kappa shape index (κ2) is 9.26. The summed E-state index contributed by atoms with van der Waals surface area (Å²) in [4.78, 5) is 10.9. The van der Waals surface area contributed by atoms with Crippen LogP contribution in [-0.2, 0) is 19.3 Å². The molecule has 2 N–H and O–H groups in total. The summed E-state index contributed by atoms with van der Waals surface area (Å²) in [5, 5.41) is 1.20. The number of halogens is 2. The van der Waals surface area contributed by atoms with E-state index in [0.29, 0.717) is 24.2 Å². The van der Waals surface area contributed by atoms with E-state index in [9.17, 15) is 8.78 Å². The SMILES string of the molecule is CCCc1cc(F)cc(Cc2cnc(-c3cc(Cc4ccc5[nH]ccc5c4C)ccc3F)[nH]2)c1. The van der Waals surface area contributed by atoms with E-state index in [1.807, 2.05) is 24.4 Å². The summed E-state index contributed by atoms with van der Waals surface area (Å²) in [5.41, 5.74) is 7.69. The molecule has 0 atom stereocenters. The fourth-order valence-electron chi connectivity index (χ4n) is 4.66. The van der Waals surface area contributed by atoms with Gasteiger partial charge in [-0.25, -0.2) is 13.8 Å². The molecule has 0 bridgehead atoms. The minimum atomic E-state index is -0.321. The first kappa shape index (κ1) is 22.1. The average molecular weight is 456 g/mol. The number of imidazole rings is 1. The Kier molecular flexibility index (Phi) is 6.01. The molecule has 5 rings (SSSR count). The zero-order valence-corrected chi connectivity index (χ0v) is 19.4. The van der Waals surface area contributed by atoms with Crippen LogP contribution in [-0.4, -0.2) is 15.0 Å². The van der Waals surface area contributed by atoms with Crippen LogP contribution in [0.5, 0.6) is 0 Å². The van der Waals surface area contributed by atoms with E-state index in [1.165, 1.54) is 22.6 Å². The topological polar surface area (TPSA) is 44.5 Å². The molecule has 5 aromatic rings. The monoisotopic (exact) mass is 455 g/mol. The van der Waals surface area contributed by atoms with Crippen molar-refractivity contribution in [2.45, 2.75) is 39.5 Å². The standard InChI is InChI=1S/C29H27F2N3/c1-3-4-19-11-21(14-23(30)13-19)15-24-17-33-29(34-24)26-16-20(5-7-27(26)31)12-22-6-8-28-25(18(22)2)9-10-32-28/h5-11,13-14,16-17,32H,3-4,12,15H2,1-2H3,(H,33,34). The first-order valence-electron chi connectivity index (χ1n) is 11.7. The molecule has 0 radical (unpaired) electrons. The van der Waals surface area contributed by atoms with Gasteiger partial charge in [0.1, 0.15) is 17.5 Å². The minimum absolute atomic E-state index is 0.229. The van der Waals surface area contributed by atoms with Gasteiger partial charge in [0.2, 0.25) is 0 Å². The lowest BCUT2D eigenvalue weighted by atomic mass is 9.97. The van der Waals surface area contributed by atoms with Crippen molar-refractivity contribution < 1.29 is 8.78 Å². The molecule has 5 heteroatoms. The number of rotatable bonds is 7. The summed E-state index contributed by atoms with van der Waals surface area (Å²) in [6, 6.07) is 16.6. The van der Waals surface area contributed by atoms with Crippen LogP contribution >= 0.6 is 0 Å². The summed E-state index contributed by atoms with van der Waals surface area (Å²) in [5.74, 6) is -0.0663. The van der Waals surface area contributed by atoms with Crippen LogP contribution in [0.2, 0.25) is 0 Å². The maximum atomic E-state index is 14.8. The van der Waals surface area contributed by atoms with Crippen LogP contribution in [0.3, 0.4) is 0 Å². The van der Waals surface area contributed by atoms with Crippen molar-refractivity contribution in [1.82, 2.24) is 15.0 Å². The average Bonchev–Trinajstić information content (AvgIpc) is 3.47. The van der Waals surface area contributed by atoms with Gasteiger partial charge in [-0.05, 0) is 84.0 Å². The lowest BCUT2D eigenvalue weighted by molar-refractivity contribution is 0.623. The van der Waals surface area contributed by atoms with Crippen LogP contribution in [0.25, 0.3) is 22.3 Å². The van der Waals surface area contributed by atoms with Crippen molar-refractivity contribution in [2.24, 2.45) is 0 Å². The van der Waals surface area contributed by atoms with Crippen molar-refractivity contribution in [3.8, 4) is 11.4 Å². The Hall–Kier alpha value is -3.73. The highest BCUT2D eigenvalue weighted by Gasteiger charge is 2.13. The number of benzene rings is 3. The predicted molar refractivity (Wildman–Crippen MR) is 133 cm³/mol. The molecule has 3 aromatic carbocycles. The lowest BCUT2D eigenvalue weighted by Crippen LogP contribution is -1.96. The zero-order chi connectivity index (χ0) is 23.7. The summed E-state index contributed by atoms with van der Waals surface area (Å²) in [6.45, 7) is 4.20. The van der Waals surface area contributed by atoms with Crippen molar-refractivity contribution in [3.05, 3.63) is 112 Å². The number of nitrogens with zero attached hydrogens (tertiary/aromatic N) is 1. The van der Waals surface area contributed by atoms with Gasteiger partial charge >= 0.3 is 0 Å². The Morgan fingerprint density at radius 3 is 2.59 bits per heavy atom. The molecule has 0 fully saturated rings. The van der Waals surface area contributed by atoms with Crippen LogP contribution < -0.4 is 0 Å². The number of fused-ring (bicyclic) bond motifs is 1. The first-order valence-corrected chi connectivity index (χ1v) is 11.7. The molecule has 0 aliphatic heterocycles. The van der Waals surface area contributed by atoms with Gasteiger partial charge in [0.15, 0.2) is 0 Å². The van der Waals surface area contributed by atoms with Crippen molar-refractivity contribution in [1.29, 1.82) is 0 Å². The largest absolute Gasteiger partial charge is 0.361 e. The van der Waals surface area contributed by atoms with E-state index in [1.54, 1.807) is 18.3 Å². The van der Waals surface area contributed by atoms with Crippen LogP contribution in [0.4, 0.5) is 8.78 Å². The van der Waals surface area contributed by atoms with Gasteiger partial charge in [-0.3, -0.25) is 0 Å². The van der Waals surface area contributed by atoms with Gasteiger partial charge in [0.25, 0.3) is 0 Å². The molecular weight excluding hydrogens is 428 g/mol. The quantitative estimate of drug-likeness (QED) is 0.266. The number of aryl methyl sites for hydroxylation is 2. The van der Waals surface area contributed by atoms with Crippen LogP contribution in [0.15, 0.2) is 67.0 Å². The van der Waals surface area contributed by atoms with Gasteiger partial charge in [0, 0.05) is 35.4 Å². The molecule has 0 spiro atoms. The van der Waals surface area contributed by atoms with Crippen LogP contribution in [0.1, 0.15) is 46.9 Å². The number of nitrogens with one attached hydrogen (secondary N) is 2. The van der Waals surface area contributed by atoms with Gasteiger partial charge in [-0.15, -0.1) is 0 Å². The summed E-state index contributed by atoms with van der Waals surface area (Å²) in [7, 11) is 0. The predicted octanol–water partition coefficient (Wildman–Crippen LogP) is 7.28. The molecule has 34 heavy (non-hydrogen) atoms. The smallest absolute Gasteiger partial charge is 0.140 e. The summed E-state index contributed by atoms with van der Waals surface area (Å²) >= 11 is 0. The van der Waals surface area contributed by atoms with E-state index in [-0.39, 0.29) is 11.6 Å². The van der Waals surface area contributed by atoms with E-state index in [2.05, 4.69) is 47.0 Å². The van der Waals surface area contributed by atoms with Crippen LogP contribution in [0, 0.1) is 18.6 Å². The highest BCUT2D eigenvalue weighted by Crippen LogP contribution is 2.27. The Morgan fingerprint density at radius 2 is 1.74 bits per heavy atom. The minimum Gasteiger partial charge on any atom is -0.361 e. The summed E-state index contributed by atoms with van der Waals surface area (Å²) in [6.07, 6.45) is 6.67. The molecular formula is C29H27F2N3. The third-order valence-electron chi connectivity index (χ3n) is 6.38. The maximum Gasteiger partial charge on any atom is 0.140 e. The molecule has 0 amide bonds. The van der Waals surface area contributed by atoms with Crippen molar-refractivity contribution in [2.75, 3.05) is 0 Å². The fraction of sp³-hybridized carbons (Fsp3) is 0.207. The van der Waals surface area contributed by atoms with Gasteiger partial charge in [0.05, 0.1) is 5.56 Å². The molecule has 172 valence electrons. The number of aromatic nitrogens is 3. The number of H-pyrrole nitrogens is 2. The molecule has 2 aromatic heterocycles. The number of hydrogen-bond donors (Lipinski definition) is 2. The van der Waals surface area contributed by atoms with E-state index in [4.69, 9.17) is 0 Å².